The van der Waals surface area contributed by atoms with E-state index in [0.29, 0.717) is 17.3 Å². The molecule has 0 bridgehead atoms. The number of aryl methyl sites for hydroxylation is 1. The van der Waals surface area contributed by atoms with Gasteiger partial charge in [-0.2, -0.15) is 5.10 Å². The first kappa shape index (κ1) is 20.4. The maximum Gasteiger partial charge on any atom is 0.331 e. The molecule has 0 atom stereocenters. The molecule has 6 nitrogen and oxygen atoms in total. The SMILES string of the molecule is Cc1ccc(Cl)cc1NC(=O)COC(=O)/C=C/c1cnn(Cc2ccccc2)c1. The second kappa shape index (κ2) is 9.71. The van der Waals surface area contributed by atoms with E-state index in [9.17, 15) is 9.59 Å². The molecule has 1 N–H and O–H groups in total. The number of carbonyl (C=O) groups excluding carboxylic acids is 2. The predicted molar refractivity (Wildman–Crippen MR) is 113 cm³/mol. The van der Waals surface area contributed by atoms with Crippen molar-refractivity contribution in [2.45, 2.75) is 13.5 Å². The second-order valence-corrected chi connectivity index (χ2v) is 6.84. The quantitative estimate of drug-likeness (QED) is 0.471. The summed E-state index contributed by atoms with van der Waals surface area (Å²) in [5.74, 6) is -1.05. The van der Waals surface area contributed by atoms with Crippen LogP contribution in [0.4, 0.5) is 5.69 Å². The lowest BCUT2D eigenvalue weighted by Gasteiger charge is -2.08. The second-order valence-electron chi connectivity index (χ2n) is 6.41. The van der Waals surface area contributed by atoms with Gasteiger partial charge in [-0.15, -0.1) is 0 Å². The Morgan fingerprint density at radius 3 is 2.79 bits per heavy atom. The third-order valence-corrected chi connectivity index (χ3v) is 4.31. The number of hydrogen-bond donors (Lipinski definition) is 1. The number of benzene rings is 2. The Balaban J connectivity index is 1.47. The third-order valence-electron chi connectivity index (χ3n) is 4.07. The van der Waals surface area contributed by atoms with Crippen molar-refractivity contribution in [2.75, 3.05) is 11.9 Å². The smallest absolute Gasteiger partial charge is 0.331 e. The van der Waals surface area contributed by atoms with E-state index < -0.39 is 11.9 Å². The van der Waals surface area contributed by atoms with E-state index in [4.69, 9.17) is 16.3 Å². The number of nitrogens with one attached hydrogen (secondary N) is 1. The first-order chi connectivity index (χ1) is 14.0. The molecular formula is C22H20ClN3O3. The van der Waals surface area contributed by atoms with Gasteiger partial charge in [0.2, 0.25) is 0 Å². The largest absolute Gasteiger partial charge is 0.452 e. The van der Waals surface area contributed by atoms with E-state index in [-0.39, 0.29) is 6.61 Å². The van der Waals surface area contributed by atoms with Gasteiger partial charge in [-0.05, 0) is 36.3 Å². The molecule has 148 valence electrons. The van der Waals surface area contributed by atoms with E-state index >= 15 is 0 Å². The number of ether oxygens (including phenoxy) is 1. The molecule has 2 aromatic carbocycles. The standard InChI is InChI=1S/C22H20ClN3O3/c1-16-7-9-19(23)11-20(16)25-21(27)15-29-22(28)10-8-18-12-24-26(14-18)13-17-5-3-2-4-6-17/h2-12,14H,13,15H2,1H3,(H,25,27)/b10-8+. The molecule has 3 rings (SSSR count). The third kappa shape index (κ3) is 6.33. The Morgan fingerprint density at radius 2 is 2.00 bits per heavy atom. The number of rotatable bonds is 7. The van der Waals surface area contributed by atoms with Crippen molar-refractivity contribution < 1.29 is 14.3 Å². The molecule has 1 aromatic heterocycles. The van der Waals surface area contributed by atoms with Crippen molar-refractivity contribution in [1.82, 2.24) is 9.78 Å². The summed E-state index contributed by atoms with van der Waals surface area (Å²) in [6.07, 6.45) is 6.34. The minimum Gasteiger partial charge on any atom is -0.452 e. The first-order valence-corrected chi connectivity index (χ1v) is 9.34. The van der Waals surface area contributed by atoms with Gasteiger partial charge in [0.15, 0.2) is 6.61 Å². The first-order valence-electron chi connectivity index (χ1n) is 8.97. The summed E-state index contributed by atoms with van der Waals surface area (Å²) in [6, 6.07) is 15.1. The molecule has 0 aliphatic heterocycles. The molecule has 0 saturated heterocycles. The van der Waals surface area contributed by atoms with Crippen LogP contribution in [0.2, 0.25) is 5.02 Å². The summed E-state index contributed by atoms with van der Waals surface area (Å²) in [6.45, 7) is 2.10. The van der Waals surface area contributed by atoms with Crippen LogP contribution in [0.15, 0.2) is 67.0 Å². The number of amides is 1. The van der Waals surface area contributed by atoms with Crippen molar-refractivity contribution >= 4 is 35.2 Å². The fourth-order valence-corrected chi connectivity index (χ4v) is 2.76. The molecule has 0 aliphatic rings. The molecule has 0 unspecified atom stereocenters. The summed E-state index contributed by atoms with van der Waals surface area (Å²) >= 11 is 5.92. The molecule has 29 heavy (non-hydrogen) atoms. The van der Waals surface area contributed by atoms with E-state index in [1.54, 1.807) is 35.2 Å². The molecule has 7 heteroatoms. The lowest BCUT2D eigenvalue weighted by atomic mass is 10.2. The zero-order valence-corrected chi connectivity index (χ0v) is 16.6. The Labute approximate surface area is 173 Å². The Morgan fingerprint density at radius 1 is 1.21 bits per heavy atom. The summed E-state index contributed by atoms with van der Waals surface area (Å²) in [5, 5.41) is 7.45. The van der Waals surface area contributed by atoms with Crippen LogP contribution in [0.3, 0.4) is 0 Å². The van der Waals surface area contributed by atoms with Gasteiger partial charge >= 0.3 is 5.97 Å². The molecule has 3 aromatic rings. The van der Waals surface area contributed by atoms with Crippen LogP contribution in [0.1, 0.15) is 16.7 Å². The molecule has 1 amide bonds. The van der Waals surface area contributed by atoms with Crippen molar-refractivity contribution in [3.63, 3.8) is 0 Å². The van der Waals surface area contributed by atoms with Crippen LogP contribution in [-0.2, 0) is 20.9 Å². The molecule has 1 heterocycles. The van der Waals surface area contributed by atoms with Gasteiger partial charge in [0.05, 0.1) is 12.7 Å². The van der Waals surface area contributed by atoms with Gasteiger partial charge in [0.1, 0.15) is 0 Å². The van der Waals surface area contributed by atoms with Crippen molar-refractivity contribution in [3.8, 4) is 0 Å². The summed E-state index contributed by atoms with van der Waals surface area (Å²) in [4.78, 5) is 23.8. The number of aromatic nitrogens is 2. The average molecular weight is 410 g/mol. The van der Waals surface area contributed by atoms with Crippen molar-refractivity contribution in [2.24, 2.45) is 0 Å². The predicted octanol–water partition coefficient (Wildman–Crippen LogP) is 4.09. The minimum atomic E-state index is -0.612. The Hall–Kier alpha value is -3.38. The Bertz CT molecular complexity index is 1030. The summed E-state index contributed by atoms with van der Waals surface area (Å²) < 4.78 is 6.75. The van der Waals surface area contributed by atoms with Crippen LogP contribution in [0.25, 0.3) is 6.08 Å². The minimum absolute atomic E-state index is 0.387. The molecule has 0 aliphatic carbocycles. The molecular weight excluding hydrogens is 390 g/mol. The van der Waals surface area contributed by atoms with Crippen LogP contribution >= 0.6 is 11.6 Å². The zero-order chi connectivity index (χ0) is 20.6. The number of esters is 1. The van der Waals surface area contributed by atoms with E-state index in [2.05, 4.69) is 10.4 Å². The zero-order valence-electron chi connectivity index (χ0n) is 15.8. The maximum atomic E-state index is 12.0. The van der Waals surface area contributed by atoms with E-state index in [1.165, 1.54) is 6.08 Å². The molecule has 0 radical (unpaired) electrons. The number of hydrogen-bond acceptors (Lipinski definition) is 4. The van der Waals surface area contributed by atoms with Crippen LogP contribution in [0, 0.1) is 6.92 Å². The van der Waals surface area contributed by atoms with E-state index in [1.807, 2.05) is 43.5 Å². The number of nitrogens with zero attached hydrogens (tertiary/aromatic N) is 2. The van der Waals surface area contributed by atoms with Gasteiger partial charge in [-0.1, -0.05) is 48.0 Å². The van der Waals surface area contributed by atoms with Crippen molar-refractivity contribution in [3.05, 3.63) is 88.7 Å². The van der Waals surface area contributed by atoms with Crippen LogP contribution in [-0.4, -0.2) is 28.3 Å². The molecule has 0 fully saturated rings. The normalized spacial score (nSPS) is 10.8. The fraction of sp³-hybridized carbons (Fsp3) is 0.136. The fourth-order valence-electron chi connectivity index (χ4n) is 2.59. The van der Waals surface area contributed by atoms with Gasteiger partial charge in [-0.3, -0.25) is 9.48 Å². The monoisotopic (exact) mass is 409 g/mol. The van der Waals surface area contributed by atoms with Crippen molar-refractivity contribution in [1.29, 1.82) is 0 Å². The highest BCUT2D eigenvalue weighted by Gasteiger charge is 2.08. The number of carbonyl (C=O) groups is 2. The maximum absolute atomic E-state index is 12.0. The highest BCUT2D eigenvalue weighted by Crippen LogP contribution is 2.20. The summed E-state index contributed by atoms with van der Waals surface area (Å²) in [7, 11) is 0. The van der Waals surface area contributed by atoms with Crippen LogP contribution in [0.5, 0.6) is 0 Å². The molecule has 0 saturated carbocycles. The van der Waals surface area contributed by atoms with Gasteiger partial charge in [-0.25, -0.2) is 4.79 Å². The average Bonchev–Trinajstić information content (AvgIpc) is 3.15. The molecule has 0 spiro atoms. The van der Waals surface area contributed by atoms with Gasteiger partial charge in [0.25, 0.3) is 5.91 Å². The van der Waals surface area contributed by atoms with Gasteiger partial charge < -0.3 is 10.1 Å². The number of halogens is 1. The Kier molecular flexibility index (Phi) is 6.81. The summed E-state index contributed by atoms with van der Waals surface area (Å²) in [5.41, 5.74) is 3.34. The van der Waals surface area contributed by atoms with Gasteiger partial charge in [0, 0.05) is 28.5 Å². The highest BCUT2D eigenvalue weighted by atomic mass is 35.5. The topological polar surface area (TPSA) is 73.2 Å². The van der Waals surface area contributed by atoms with Crippen LogP contribution < -0.4 is 5.32 Å². The number of anilines is 1. The highest BCUT2D eigenvalue weighted by molar-refractivity contribution is 6.31. The lowest BCUT2D eigenvalue weighted by molar-refractivity contribution is -0.142. The lowest BCUT2D eigenvalue weighted by Crippen LogP contribution is -2.20. The van der Waals surface area contributed by atoms with E-state index in [0.717, 1.165) is 16.7 Å².